The number of carbonyl (C=O) groups is 1. The molecule has 0 bridgehead atoms. The van der Waals surface area contributed by atoms with Gasteiger partial charge in [0.05, 0.1) is 23.1 Å². The molecule has 108 valence electrons. The van der Waals surface area contributed by atoms with Crippen molar-refractivity contribution in [2.75, 3.05) is 18.4 Å². The van der Waals surface area contributed by atoms with E-state index in [2.05, 4.69) is 10.3 Å². The summed E-state index contributed by atoms with van der Waals surface area (Å²) in [4.78, 5) is 15.8. The molecule has 0 spiro atoms. The molecule has 1 aliphatic carbocycles. The number of anilines is 1. The van der Waals surface area contributed by atoms with Crippen LogP contribution in [-0.4, -0.2) is 42.0 Å². The topological polar surface area (TPSA) is 79.4 Å². The van der Waals surface area contributed by atoms with Crippen LogP contribution in [0.3, 0.4) is 0 Å². The summed E-state index contributed by atoms with van der Waals surface area (Å²) < 4.78 is 25.2. The van der Waals surface area contributed by atoms with Gasteiger partial charge in [0.2, 0.25) is 15.9 Å². The van der Waals surface area contributed by atoms with Gasteiger partial charge in [-0.25, -0.2) is 13.4 Å². The number of carbonyl (C=O) groups excluding carboxylic acids is 1. The van der Waals surface area contributed by atoms with Gasteiger partial charge in [-0.3, -0.25) is 4.79 Å². The first kappa shape index (κ1) is 13.8. The molecule has 0 radical (unpaired) electrons. The Morgan fingerprint density at radius 2 is 2.05 bits per heavy atom. The summed E-state index contributed by atoms with van der Waals surface area (Å²) >= 11 is 5.66. The van der Waals surface area contributed by atoms with Crippen molar-refractivity contribution in [2.24, 2.45) is 5.92 Å². The average molecular weight is 316 g/mol. The van der Waals surface area contributed by atoms with Gasteiger partial charge in [-0.15, -0.1) is 0 Å². The van der Waals surface area contributed by atoms with Gasteiger partial charge < -0.3 is 5.32 Å². The second kappa shape index (κ2) is 4.98. The van der Waals surface area contributed by atoms with E-state index in [0.717, 1.165) is 12.8 Å². The third-order valence-electron chi connectivity index (χ3n) is 3.52. The normalized spacial score (nSPS) is 20.4. The van der Waals surface area contributed by atoms with Crippen LogP contribution in [0.1, 0.15) is 12.8 Å². The molecular weight excluding hydrogens is 302 g/mol. The van der Waals surface area contributed by atoms with Crippen molar-refractivity contribution in [1.82, 2.24) is 9.29 Å². The van der Waals surface area contributed by atoms with Crippen molar-refractivity contribution < 1.29 is 13.2 Å². The molecule has 1 aromatic rings. The molecule has 0 atom stereocenters. The van der Waals surface area contributed by atoms with Crippen molar-refractivity contribution in [3.63, 3.8) is 0 Å². The van der Waals surface area contributed by atoms with E-state index in [-0.39, 0.29) is 30.2 Å². The lowest BCUT2D eigenvalue weighted by molar-refractivity contribution is -0.122. The Kier molecular flexibility index (Phi) is 3.43. The van der Waals surface area contributed by atoms with Crippen LogP contribution in [0, 0.1) is 5.92 Å². The molecule has 2 aliphatic rings. The number of sulfonamides is 1. The number of halogens is 1. The van der Waals surface area contributed by atoms with Gasteiger partial charge in [-0.05, 0) is 25.0 Å². The van der Waals surface area contributed by atoms with Gasteiger partial charge in [0.15, 0.2) is 0 Å². The molecule has 0 unspecified atom stereocenters. The lowest BCUT2D eigenvalue weighted by Gasteiger charge is -2.37. The minimum atomic E-state index is -3.15. The number of aromatic nitrogens is 1. The summed E-state index contributed by atoms with van der Waals surface area (Å²) in [7, 11) is -3.15. The van der Waals surface area contributed by atoms with Gasteiger partial charge in [0.25, 0.3) is 0 Å². The van der Waals surface area contributed by atoms with E-state index in [1.54, 1.807) is 12.1 Å². The van der Waals surface area contributed by atoms with Crippen LogP contribution in [0.4, 0.5) is 5.69 Å². The molecule has 2 fully saturated rings. The summed E-state index contributed by atoms with van der Waals surface area (Å²) in [6.45, 7) is 0.539. The Labute approximate surface area is 122 Å². The molecule has 1 saturated heterocycles. The molecule has 8 heteroatoms. The minimum absolute atomic E-state index is 0.184. The minimum Gasteiger partial charge on any atom is -0.324 e. The molecule has 3 rings (SSSR count). The maximum Gasteiger partial charge on any atom is 0.230 e. The Morgan fingerprint density at radius 1 is 1.35 bits per heavy atom. The van der Waals surface area contributed by atoms with Crippen molar-refractivity contribution in [2.45, 2.75) is 18.1 Å². The predicted octanol–water partition coefficient (Wildman–Crippen LogP) is 1.10. The van der Waals surface area contributed by atoms with Crippen molar-refractivity contribution >= 4 is 33.2 Å². The van der Waals surface area contributed by atoms with Gasteiger partial charge in [-0.1, -0.05) is 11.6 Å². The van der Waals surface area contributed by atoms with Gasteiger partial charge in [0, 0.05) is 13.1 Å². The summed E-state index contributed by atoms with van der Waals surface area (Å²) in [5.74, 6) is -0.476. The standard InChI is InChI=1S/C12H14ClN3O3S/c13-11-4-1-9(5-14-11)15-12(17)8-6-16(7-8)20(18,19)10-2-3-10/h1,4-5,8,10H,2-3,6-7H2,(H,15,17). The molecule has 1 aliphatic heterocycles. The summed E-state index contributed by atoms with van der Waals surface area (Å²) in [5, 5.41) is 2.85. The highest BCUT2D eigenvalue weighted by molar-refractivity contribution is 7.90. The van der Waals surface area contributed by atoms with Crippen LogP contribution >= 0.6 is 11.6 Å². The smallest absolute Gasteiger partial charge is 0.230 e. The van der Waals surface area contributed by atoms with E-state index < -0.39 is 10.0 Å². The largest absolute Gasteiger partial charge is 0.324 e. The summed E-state index contributed by atoms with van der Waals surface area (Å²) in [6.07, 6.45) is 2.95. The number of nitrogens with zero attached hydrogens (tertiary/aromatic N) is 2. The van der Waals surface area contributed by atoms with E-state index in [1.165, 1.54) is 10.5 Å². The molecule has 1 amide bonds. The quantitative estimate of drug-likeness (QED) is 0.844. The predicted molar refractivity (Wildman–Crippen MR) is 74.9 cm³/mol. The lowest BCUT2D eigenvalue weighted by Crippen LogP contribution is -2.55. The molecule has 1 saturated carbocycles. The van der Waals surface area contributed by atoms with Crippen LogP contribution in [0.25, 0.3) is 0 Å². The fraction of sp³-hybridized carbons (Fsp3) is 0.500. The SMILES string of the molecule is O=C(Nc1ccc(Cl)nc1)C1CN(S(=O)(=O)C2CC2)C1. The lowest BCUT2D eigenvalue weighted by atomic mass is 10.0. The molecule has 2 heterocycles. The number of pyridine rings is 1. The number of hydrogen-bond donors (Lipinski definition) is 1. The number of amides is 1. The van der Waals surface area contributed by atoms with Crippen molar-refractivity contribution in [3.8, 4) is 0 Å². The fourth-order valence-electron chi connectivity index (χ4n) is 2.08. The third-order valence-corrected chi connectivity index (χ3v) is 6.07. The molecule has 1 N–H and O–H groups in total. The van der Waals surface area contributed by atoms with Gasteiger partial charge in [0.1, 0.15) is 5.15 Å². The highest BCUT2D eigenvalue weighted by Gasteiger charge is 2.46. The van der Waals surface area contributed by atoms with Crippen LogP contribution in [0.5, 0.6) is 0 Å². The Bertz CT molecular complexity index is 622. The van der Waals surface area contributed by atoms with Crippen LogP contribution in [0.2, 0.25) is 5.15 Å². The first-order valence-electron chi connectivity index (χ1n) is 6.38. The molecule has 0 aromatic carbocycles. The fourth-order valence-corrected chi connectivity index (χ4v) is 4.12. The monoisotopic (exact) mass is 315 g/mol. The van der Waals surface area contributed by atoms with E-state index >= 15 is 0 Å². The van der Waals surface area contributed by atoms with Crippen molar-refractivity contribution in [3.05, 3.63) is 23.5 Å². The average Bonchev–Trinajstić information content (AvgIpc) is 3.14. The zero-order chi connectivity index (χ0) is 14.3. The van der Waals surface area contributed by atoms with E-state index in [4.69, 9.17) is 11.6 Å². The van der Waals surface area contributed by atoms with Crippen LogP contribution in [-0.2, 0) is 14.8 Å². The molecular formula is C12H14ClN3O3S. The molecule has 20 heavy (non-hydrogen) atoms. The van der Waals surface area contributed by atoms with E-state index in [1.807, 2.05) is 0 Å². The summed E-state index contributed by atoms with van der Waals surface area (Å²) in [6, 6.07) is 3.24. The Hall–Kier alpha value is -1.18. The van der Waals surface area contributed by atoms with E-state index in [9.17, 15) is 13.2 Å². The maximum atomic E-state index is 11.9. The zero-order valence-corrected chi connectivity index (χ0v) is 12.2. The highest BCUT2D eigenvalue weighted by atomic mass is 35.5. The van der Waals surface area contributed by atoms with Crippen molar-refractivity contribution in [1.29, 1.82) is 0 Å². The summed E-state index contributed by atoms with van der Waals surface area (Å²) in [5.41, 5.74) is 0.558. The Balaban J connectivity index is 1.54. The molecule has 6 nitrogen and oxygen atoms in total. The van der Waals surface area contributed by atoms with Crippen LogP contribution in [0.15, 0.2) is 18.3 Å². The first-order valence-corrected chi connectivity index (χ1v) is 8.26. The highest BCUT2D eigenvalue weighted by Crippen LogP contribution is 2.34. The van der Waals surface area contributed by atoms with Gasteiger partial charge >= 0.3 is 0 Å². The van der Waals surface area contributed by atoms with Gasteiger partial charge in [-0.2, -0.15) is 4.31 Å². The second-order valence-corrected chi connectivity index (χ2v) is 7.72. The van der Waals surface area contributed by atoms with E-state index in [0.29, 0.717) is 10.8 Å². The molecule has 1 aromatic heterocycles. The zero-order valence-electron chi connectivity index (χ0n) is 10.6. The second-order valence-electron chi connectivity index (χ2n) is 5.12. The first-order chi connectivity index (χ1) is 9.46. The number of rotatable bonds is 4. The maximum absolute atomic E-state index is 11.9. The number of nitrogens with one attached hydrogen (secondary N) is 1. The third kappa shape index (κ3) is 2.65. The van der Waals surface area contributed by atoms with Crippen LogP contribution < -0.4 is 5.32 Å². The number of hydrogen-bond acceptors (Lipinski definition) is 4. The Morgan fingerprint density at radius 3 is 2.60 bits per heavy atom.